The second kappa shape index (κ2) is 11.7. The normalized spacial score (nSPS) is 19.4. The third kappa shape index (κ3) is 6.40. The molecule has 3 rings (SSSR count). The number of piperazine rings is 1. The summed E-state index contributed by atoms with van der Waals surface area (Å²) >= 11 is 0. The second-order valence-corrected chi connectivity index (χ2v) is 7.72. The predicted octanol–water partition coefficient (Wildman–Crippen LogP) is 2.83. The van der Waals surface area contributed by atoms with Gasteiger partial charge in [-0.1, -0.05) is 19.1 Å². The van der Waals surface area contributed by atoms with E-state index < -0.39 is 0 Å². The number of rotatable bonds is 5. The smallest absolute Gasteiger partial charge is 0.194 e. The van der Waals surface area contributed by atoms with Crippen molar-refractivity contribution >= 4 is 35.6 Å². The van der Waals surface area contributed by atoms with Crippen LogP contribution < -0.4 is 10.2 Å². The van der Waals surface area contributed by atoms with Gasteiger partial charge in [0.15, 0.2) is 5.96 Å². The van der Waals surface area contributed by atoms with E-state index in [9.17, 15) is 5.11 Å². The molecule has 0 bridgehead atoms. The number of phenols is 1. The lowest BCUT2D eigenvalue weighted by molar-refractivity contribution is 0.197. The zero-order valence-corrected chi connectivity index (χ0v) is 19.6. The Morgan fingerprint density at radius 2 is 1.79 bits per heavy atom. The number of guanidine groups is 1. The summed E-state index contributed by atoms with van der Waals surface area (Å²) in [7, 11) is 0. The lowest BCUT2D eigenvalue weighted by atomic mass is 9.99. The maximum atomic E-state index is 10.1. The van der Waals surface area contributed by atoms with Crippen LogP contribution in [0.15, 0.2) is 29.3 Å². The minimum absolute atomic E-state index is 0. The van der Waals surface area contributed by atoms with Crippen molar-refractivity contribution in [1.29, 1.82) is 0 Å². The molecule has 0 saturated carbocycles. The second-order valence-electron chi connectivity index (χ2n) is 7.72. The van der Waals surface area contributed by atoms with Crippen LogP contribution in [0.3, 0.4) is 0 Å². The molecule has 0 aromatic heterocycles. The minimum Gasteiger partial charge on any atom is -0.506 e. The topological polar surface area (TPSA) is 54.3 Å². The summed E-state index contributed by atoms with van der Waals surface area (Å²) < 4.78 is 0. The van der Waals surface area contributed by atoms with Gasteiger partial charge in [-0.15, -0.1) is 24.0 Å². The van der Waals surface area contributed by atoms with Crippen molar-refractivity contribution in [2.24, 2.45) is 10.9 Å². The highest BCUT2D eigenvalue weighted by molar-refractivity contribution is 14.0. The largest absolute Gasteiger partial charge is 0.506 e. The first-order valence-corrected chi connectivity index (χ1v) is 10.5. The number of nitrogens with zero attached hydrogens (tertiary/aromatic N) is 4. The van der Waals surface area contributed by atoms with Gasteiger partial charge in [0.05, 0.1) is 12.2 Å². The fourth-order valence-corrected chi connectivity index (χ4v) is 3.90. The van der Waals surface area contributed by atoms with Crippen LogP contribution >= 0.6 is 24.0 Å². The Morgan fingerprint density at radius 3 is 2.43 bits per heavy atom. The molecule has 2 aliphatic heterocycles. The summed E-state index contributed by atoms with van der Waals surface area (Å²) in [6, 6.07) is 7.60. The Hall–Kier alpha value is -1.22. The molecule has 2 N–H and O–H groups in total. The number of aliphatic imine (C=N–C) groups is 1. The number of aromatic hydroxyl groups is 1. The third-order valence-electron chi connectivity index (χ3n) is 5.69. The summed E-state index contributed by atoms with van der Waals surface area (Å²) in [6.07, 6.45) is 2.64. The fourth-order valence-electron chi connectivity index (χ4n) is 3.90. The van der Waals surface area contributed by atoms with E-state index in [0.29, 0.717) is 5.75 Å². The molecule has 158 valence electrons. The summed E-state index contributed by atoms with van der Waals surface area (Å²) in [5.41, 5.74) is 0.929. The molecule has 0 unspecified atom stereocenters. The van der Waals surface area contributed by atoms with Gasteiger partial charge in [-0.25, -0.2) is 0 Å². The fraction of sp³-hybridized carbons (Fsp3) is 0.667. The first-order valence-electron chi connectivity index (χ1n) is 10.5. The minimum atomic E-state index is 0. The molecule has 1 aromatic carbocycles. The van der Waals surface area contributed by atoms with E-state index in [2.05, 4.69) is 33.9 Å². The molecule has 0 amide bonds. The molecule has 7 heteroatoms. The molecule has 2 fully saturated rings. The van der Waals surface area contributed by atoms with Crippen LogP contribution in [0, 0.1) is 5.92 Å². The van der Waals surface area contributed by atoms with Gasteiger partial charge in [-0.2, -0.15) is 0 Å². The van der Waals surface area contributed by atoms with Crippen molar-refractivity contribution in [1.82, 2.24) is 15.1 Å². The lowest BCUT2D eigenvalue weighted by Gasteiger charge is -2.38. The highest BCUT2D eigenvalue weighted by Gasteiger charge is 2.21. The maximum absolute atomic E-state index is 10.1. The summed E-state index contributed by atoms with van der Waals surface area (Å²) in [5, 5.41) is 13.5. The van der Waals surface area contributed by atoms with E-state index in [1.54, 1.807) is 6.07 Å². The molecule has 28 heavy (non-hydrogen) atoms. The van der Waals surface area contributed by atoms with E-state index in [1.165, 1.54) is 25.9 Å². The van der Waals surface area contributed by atoms with Gasteiger partial charge in [0.25, 0.3) is 0 Å². The average molecular weight is 501 g/mol. The maximum Gasteiger partial charge on any atom is 0.194 e. The number of phenolic OH excluding ortho intramolecular Hbond substituents is 1. The quantitative estimate of drug-likeness (QED) is 0.369. The molecule has 0 aliphatic carbocycles. The number of nitrogens with one attached hydrogen (secondary N) is 1. The van der Waals surface area contributed by atoms with Crippen molar-refractivity contribution in [3.8, 4) is 5.75 Å². The van der Waals surface area contributed by atoms with E-state index in [-0.39, 0.29) is 24.0 Å². The van der Waals surface area contributed by atoms with E-state index in [0.717, 1.165) is 63.4 Å². The van der Waals surface area contributed by atoms with E-state index in [1.807, 2.05) is 18.2 Å². The Morgan fingerprint density at radius 1 is 1.11 bits per heavy atom. The number of para-hydroxylation sites is 2. The zero-order chi connectivity index (χ0) is 19.1. The summed E-state index contributed by atoms with van der Waals surface area (Å²) in [6.45, 7) is 13.3. The van der Waals surface area contributed by atoms with Crippen molar-refractivity contribution in [2.75, 3.05) is 63.8 Å². The van der Waals surface area contributed by atoms with E-state index in [4.69, 9.17) is 4.99 Å². The van der Waals surface area contributed by atoms with Gasteiger partial charge in [-0.3, -0.25) is 4.99 Å². The first-order chi connectivity index (χ1) is 13.2. The number of anilines is 1. The molecule has 1 aromatic rings. The molecule has 2 aliphatic rings. The molecule has 2 saturated heterocycles. The Kier molecular flexibility index (Phi) is 9.64. The van der Waals surface area contributed by atoms with Crippen LogP contribution in [-0.2, 0) is 0 Å². The van der Waals surface area contributed by atoms with Crippen LogP contribution in [-0.4, -0.2) is 79.8 Å². The molecule has 6 nitrogen and oxygen atoms in total. The van der Waals surface area contributed by atoms with Gasteiger partial charge in [-0.05, 0) is 50.9 Å². The van der Waals surface area contributed by atoms with E-state index >= 15 is 0 Å². The molecule has 0 atom stereocenters. The number of hydrogen-bond donors (Lipinski definition) is 2. The lowest BCUT2D eigenvalue weighted by Crippen LogP contribution is -2.52. The van der Waals surface area contributed by atoms with Crippen LogP contribution in [0.1, 0.15) is 26.7 Å². The van der Waals surface area contributed by atoms with Crippen LogP contribution in [0.5, 0.6) is 5.75 Å². The molecule has 0 spiro atoms. The number of hydrogen-bond acceptors (Lipinski definition) is 4. The van der Waals surface area contributed by atoms with Crippen molar-refractivity contribution < 1.29 is 5.11 Å². The zero-order valence-electron chi connectivity index (χ0n) is 17.3. The Balaban J connectivity index is 0.00000280. The van der Waals surface area contributed by atoms with Crippen LogP contribution in [0.2, 0.25) is 0 Å². The number of piperidine rings is 1. The van der Waals surface area contributed by atoms with Gasteiger partial charge >= 0.3 is 0 Å². The third-order valence-corrected chi connectivity index (χ3v) is 5.69. The molecule has 2 heterocycles. The average Bonchev–Trinajstić information content (AvgIpc) is 2.69. The summed E-state index contributed by atoms with van der Waals surface area (Å²) in [5.74, 6) is 2.27. The van der Waals surface area contributed by atoms with Gasteiger partial charge in [0, 0.05) is 39.3 Å². The molecule has 0 radical (unpaired) electrons. The first kappa shape index (κ1) is 23.1. The predicted molar refractivity (Wildman–Crippen MR) is 128 cm³/mol. The van der Waals surface area contributed by atoms with Crippen molar-refractivity contribution in [3.63, 3.8) is 0 Å². The highest BCUT2D eigenvalue weighted by Crippen LogP contribution is 2.27. The Labute approximate surface area is 187 Å². The van der Waals surface area contributed by atoms with Crippen LogP contribution in [0.25, 0.3) is 0 Å². The van der Waals surface area contributed by atoms with Crippen molar-refractivity contribution in [2.45, 2.75) is 26.7 Å². The highest BCUT2D eigenvalue weighted by atomic mass is 127. The number of halogens is 1. The number of benzene rings is 1. The van der Waals surface area contributed by atoms with Crippen LogP contribution in [0.4, 0.5) is 5.69 Å². The standard InChI is InChI=1S/C21H35N5O.HI/c1-3-22-21(23-10-13-24-11-8-18(2)9-12-24)26-16-14-25(15-17-26)19-6-4-5-7-20(19)27;/h4-7,18,27H,3,8-17H2,1-2H3,(H,22,23);1H. The molecular weight excluding hydrogens is 465 g/mol. The Bertz CT molecular complexity index is 611. The monoisotopic (exact) mass is 501 g/mol. The van der Waals surface area contributed by atoms with Gasteiger partial charge in [0.2, 0.25) is 0 Å². The van der Waals surface area contributed by atoms with Gasteiger partial charge < -0.3 is 25.1 Å². The molecular formula is C21H36IN5O. The number of likely N-dealkylation sites (tertiary alicyclic amines) is 1. The van der Waals surface area contributed by atoms with Gasteiger partial charge in [0.1, 0.15) is 5.75 Å². The van der Waals surface area contributed by atoms with Crippen molar-refractivity contribution in [3.05, 3.63) is 24.3 Å². The summed E-state index contributed by atoms with van der Waals surface area (Å²) in [4.78, 5) is 12.0. The SMILES string of the molecule is CCNC(=NCCN1CCC(C)CC1)N1CCN(c2ccccc2O)CC1.I.